The van der Waals surface area contributed by atoms with Gasteiger partial charge in [0.15, 0.2) is 6.10 Å². The number of phenols is 1. The fourth-order valence-electron chi connectivity index (χ4n) is 3.01. The van der Waals surface area contributed by atoms with E-state index in [0.29, 0.717) is 5.56 Å². The highest BCUT2D eigenvalue weighted by Crippen LogP contribution is 2.24. The molecular weight excluding hydrogens is 338 g/mol. The lowest BCUT2D eigenvalue weighted by Gasteiger charge is -2.20. The van der Waals surface area contributed by atoms with Gasteiger partial charge in [0.2, 0.25) is 0 Å². The highest BCUT2D eigenvalue weighted by molar-refractivity contribution is 5.82. The average molecular weight is 361 g/mol. The van der Waals surface area contributed by atoms with Crippen LogP contribution in [0.5, 0.6) is 5.75 Å². The van der Waals surface area contributed by atoms with Gasteiger partial charge in [-0.2, -0.15) is 0 Å². The number of ether oxygens (including phenoxy) is 1. The van der Waals surface area contributed by atoms with Crippen molar-refractivity contribution in [2.75, 3.05) is 7.11 Å². The zero-order valence-corrected chi connectivity index (χ0v) is 15.4. The fraction of sp³-hybridized carbons (Fsp3) is 0.174. The highest BCUT2D eigenvalue weighted by Gasteiger charge is 2.22. The van der Waals surface area contributed by atoms with Crippen LogP contribution in [0.1, 0.15) is 30.2 Å². The maximum absolute atomic E-state index is 12.6. The van der Waals surface area contributed by atoms with Gasteiger partial charge < -0.3 is 15.2 Å². The lowest BCUT2D eigenvalue weighted by atomic mass is 10.0. The second kappa shape index (κ2) is 8.52. The molecule has 2 atom stereocenters. The van der Waals surface area contributed by atoms with Crippen molar-refractivity contribution in [3.8, 4) is 16.9 Å². The van der Waals surface area contributed by atoms with E-state index < -0.39 is 6.10 Å². The molecule has 3 aromatic rings. The maximum Gasteiger partial charge on any atom is 0.254 e. The number of hydrogen-bond acceptors (Lipinski definition) is 3. The number of carbonyl (C=O) groups excluding carboxylic acids is 1. The van der Waals surface area contributed by atoms with Crippen LogP contribution in [0.25, 0.3) is 11.1 Å². The molecule has 3 rings (SSSR count). The molecule has 0 bridgehead atoms. The van der Waals surface area contributed by atoms with Crippen LogP contribution < -0.4 is 5.32 Å². The Morgan fingerprint density at radius 1 is 0.852 bits per heavy atom. The largest absolute Gasteiger partial charge is 0.508 e. The normalized spacial score (nSPS) is 13.0. The summed E-state index contributed by atoms with van der Waals surface area (Å²) in [5.74, 6) is -0.0660. The molecule has 4 nitrogen and oxygen atoms in total. The predicted molar refractivity (Wildman–Crippen MR) is 106 cm³/mol. The SMILES string of the molecule is CO[C@@H](C(=O)N[C@@H](C)c1ccc(-c2ccccc2)cc1)c1ccc(O)cc1. The molecule has 0 spiro atoms. The van der Waals surface area contributed by atoms with E-state index in [1.54, 1.807) is 24.3 Å². The minimum Gasteiger partial charge on any atom is -0.508 e. The molecule has 0 unspecified atom stereocenters. The van der Waals surface area contributed by atoms with E-state index in [4.69, 9.17) is 4.74 Å². The summed E-state index contributed by atoms with van der Waals surface area (Å²) in [4.78, 5) is 12.6. The van der Waals surface area contributed by atoms with E-state index in [-0.39, 0.29) is 17.7 Å². The van der Waals surface area contributed by atoms with Gasteiger partial charge in [-0.15, -0.1) is 0 Å². The summed E-state index contributed by atoms with van der Waals surface area (Å²) in [7, 11) is 1.50. The number of nitrogens with one attached hydrogen (secondary N) is 1. The topological polar surface area (TPSA) is 58.6 Å². The number of amides is 1. The molecule has 0 aliphatic heterocycles. The number of benzene rings is 3. The lowest BCUT2D eigenvalue weighted by Crippen LogP contribution is -2.32. The Bertz CT molecular complexity index is 874. The third-order valence-corrected chi connectivity index (χ3v) is 4.55. The summed E-state index contributed by atoms with van der Waals surface area (Å²) < 4.78 is 5.36. The number of rotatable bonds is 6. The molecule has 0 aliphatic rings. The molecule has 3 aromatic carbocycles. The Morgan fingerprint density at radius 2 is 1.41 bits per heavy atom. The third-order valence-electron chi connectivity index (χ3n) is 4.55. The Labute approximate surface area is 159 Å². The van der Waals surface area contributed by atoms with E-state index in [0.717, 1.165) is 16.7 Å². The molecule has 0 aliphatic carbocycles. The van der Waals surface area contributed by atoms with Crippen LogP contribution in [0.15, 0.2) is 78.9 Å². The molecule has 1 amide bonds. The van der Waals surface area contributed by atoms with E-state index >= 15 is 0 Å². The minimum absolute atomic E-state index is 0.154. The smallest absolute Gasteiger partial charge is 0.254 e. The van der Waals surface area contributed by atoms with Gasteiger partial charge in [0.05, 0.1) is 6.04 Å². The summed E-state index contributed by atoms with van der Waals surface area (Å²) in [6.45, 7) is 1.94. The monoisotopic (exact) mass is 361 g/mol. The molecule has 4 heteroatoms. The second-order valence-electron chi connectivity index (χ2n) is 6.43. The zero-order chi connectivity index (χ0) is 19.2. The molecule has 27 heavy (non-hydrogen) atoms. The number of hydrogen-bond donors (Lipinski definition) is 2. The van der Waals surface area contributed by atoms with Crippen LogP contribution in [0, 0.1) is 0 Å². The quantitative estimate of drug-likeness (QED) is 0.673. The molecule has 138 valence electrons. The highest BCUT2D eigenvalue weighted by atomic mass is 16.5. The molecular formula is C23H23NO3. The van der Waals surface area contributed by atoms with Crippen molar-refractivity contribution in [1.29, 1.82) is 0 Å². The van der Waals surface area contributed by atoms with Crippen LogP contribution in [0.3, 0.4) is 0 Å². The van der Waals surface area contributed by atoms with Crippen molar-refractivity contribution in [1.82, 2.24) is 5.32 Å². The molecule has 0 aromatic heterocycles. The standard InChI is InChI=1S/C23H23NO3/c1-16(17-8-10-19(11-9-17)18-6-4-3-5-7-18)24-23(26)22(27-2)20-12-14-21(25)15-13-20/h3-16,22,25H,1-2H3,(H,24,26)/t16-,22+/m0/s1. The Morgan fingerprint density at radius 3 is 2.00 bits per heavy atom. The van der Waals surface area contributed by atoms with E-state index in [1.807, 2.05) is 37.3 Å². The maximum atomic E-state index is 12.6. The van der Waals surface area contributed by atoms with Gasteiger partial charge in [-0.05, 0) is 41.3 Å². The van der Waals surface area contributed by atoms with Crippen LogP contribution in [-0.4, -0.2) is 18.1 Å². The van der Waals surface area contributed by atoms with E-state index in [1.165, 1.54) is 7.11 Å². The Hall–Kier alpha value is -3.11. The van der Waals surface area contributed by atoms with Gasteiger partial charge in [-0.1, -0.05) is 66.7 Å². The molecule has 0 saturated carbocycles. The van der Waals surface area contributed by atoms with Crippen LogP contribution in [0.2, 0.25) is 0 Å². The number of carbonyl (C=O) groups is 1. The van der Waals surface area contributed by atoms with E-state index in [9.17, 15) is 9.90 Å². The van der Waals surface area contributed by atoms with Gasteiger partial charge in [0.25, 0.3) is 5.91 Å². The predicted octanol–water partition coefficient (Wildman–Crippen LogP) is 4.62. The summed E-state index contributed by atoms with van der Waals surface area (Å²) in [6, 6.07) is 24.6. The van der Waals surface area contributed by atoms with Gasteiger partial charge in [-0.3, -0.25) is 4.79 Å². The van der Waals surface area contributed by atoms with Crippen molar-refractivity contribution in [3.05, 3.63) is 90.0 Å². The first-order valence-electron chi connectivity index (χ1n) is 8.86. The van der Waals surface area contributed by atoms with Crippen molar-refractivity contribution in [3.63, 3.8) is 0 Å². The second-order valence-corrected chi connectivity index (χ2v) is 6.43. The molecule has 0 heterocycles. The number of aromatic hydroxyl groups is 1. The molecule has 0 saturated heterocycles. The summed E-state index contributed by atoms with van der Waals surface area (Å²) in [5.41, 5.74) is 4.01. The van der Waals surface area contributed by atoms with Crippen molar-refractivity contribution in [2.24, 2.45) is 0 Å². The van der Waals surface area contributed by atoms with Crippen LogP contribution in [-0.2, 0) is 9.53 Å². The zero-order valence-electron chi connectivity index (χ0n) is 15.4. The first-order valence-corrected chi connectivity index (χ1v) is 8.86. The Balaban J connectivity index is 1.69. The summed E-state index contributed by atoms with van der Waals surface area (Å²) >= 11 is 0. The Kier molecular flexibility index (Phi) is 5.89. The van der Waals surface area contributed by atoms with E-state index in [2.05, 4.69) is 29.6 Å². The van der Waals surface area contributed by atoms with Gasteiger partial charge in [0.1, 0.15) is 5.75 Å². The third kappa shape index (κ3) is 4.54. The van der Waals surface area contributed by atoms with Gasteiger partial charge in [-0.25, -0.2) is 0 Å². The first-order chi connectivity index (χ1) is 13.1. The van der Waals surface area contributed by atoms with Gasteiger partial charge in [0, 0.05) is 7.11 Å². The van der Waals surface area contributed by atoms with Crippen LogP contribution in [0.4, 0.5) is 0 Å². The summed E-state index contributed by atoms with van der Waals surface area (Å²) in [6.07, 6.45) is -0.725. The molecule has 2 N–H and O–H groups in total. The average Bonchev–Trinajstić information content (AvgIpc) is 2.71. The molecule has 0 radical (unpaired) electrons. The fourth-order valence-corrected chi connectivity index (χ4v) is 3.01. The minimum atomic E-state index is -0.725. The number of methoxy groups -OCH3 is 1. The first kappa shape index (κ1) is 18.7. The summed E-state index contributed by atoms with van der Waals surface area (Å²) in [5, 5.41) is 12.4. The number of phenolic OH excluding ortho intramolecular Hbond substituents is 1. The van der Waals surface area contributed by atoms with Crippen molar-refractivity contribution in [2.45, 2.75) is 19.1 Å². The van der Waals surface area contributed by atoms with Crippen molar-refractivity contribution < 1.29 is 14.6 Å². The van der Waals surface area contributed by atoms with Crippen molar-refractivity contribution >= 4 is 5.91 Å². The van der Waals surface area contributed by atoms with Crippen LogP contribution >= 0.6 is 0 Å². The van der Waals surface area contributed by atoms with Gasteiger partial charge >= 0.3 is 0 Å². The molecule has 0 fully saturated rings. The lowest BCUT2D eigenvalue weighted by molar-refractivity contribution is -0.132.